The third-order valence-corrected chi connectivity index (χ3v) is 15.0. The minimum absolute atomic E-state index is 0.0181. The van der Waals surface area contributed by atoms with Crippen molar-refractivity contribution in [1.82, 2.24) is 0 Å². The molecule has 0 radical (unpaired) electrons. The largest absolute Gasteiger partial charge is 0.462 e. The lowest BCUT2D eigenvalue weighted by Crippen LogP contribution is -2.66. The van der Waals surface area contributed by atoms with Crippen molar-refractivity contribution >= 4 is 17.7 Å². The van der Waals surface area contributed by atoms with Gasteiger partial charge in [-0.1, -0.05) is 54.0 Å². The van der Waals surface area contributed by atoms with Crippen molar-refractivity contribution in [3.8, 4) is 0 Å². The number of carbonyl (C=O) groups excluding carboxylic acids is 3. The van der Waals surface area contributed by atoms with E-state index in [1.54, 1.807) is 13.8 Å². The van der Waals surface area contributed by atoms with Crippen molar-refractivity contribution in [2.75, 3.05) is 6.54 Å². The number of ether oxygens (including phenoxy) is 2. The Labute approximate surface area is 300 Å². The summed E-state index contributed by atoms with van der Waals surface area (Å²) in [6.45, 7) is 24.4. The number of ketones is 1. The molecule has 0 aromatic rings. The fourth-order valence-electron chi connectivity index (χ4n) is 12.6. The molecular weight excluding hydrogens is 634 g/mol. The van der Waals surface area contributed by atoms with Crippen LogP contribution in [-0.2, 0) is 23.9 Å². The molecule has 0 aromatic heterocycles. The van der Waals surface area contributed by atoms with Crippen LogP contribution in [0.1, 0.15) is 141 Å². The molecule has 0 aromatic carbocycles. The number of hydrogen-bond acceptors (Lipinski definition) is 8. The molecule has 0 saturated heterocycles. The number of fused-ring (bicyclic) bond motifs is 7. The number of allylic oxidation sites excluding steroid dienone is 2. The standard InChI is InChI=1S/C41H65NO8/c1-23(2)33-27(43)19-24-25(28(44)22-42(47)48)20-41(12)26(34(24)33)13-14-30-39(10)17-16-31(38(8,9)29(39)15-18-40(30,41)11)49-32(45)21-37(6,7)35(46)50-36(3,4)5/h23-26,28-31,44H,13-22H2,1-12H3/t24?,25?,26-,28+,29+,30-,31+,39+,40-,41-/m1/s1. The highest BCUT2D eigenvalue weighted by Gasteiger charge is 2.70. The van der Waals surface area contributed by atoms with Gasteiger partial charge in [0.05, 0.1) is 11.8 Å². The van der Waals surface area contributed by atoms with Gasteiger partial charge in [-0.3, -0.25) is 24.5 Å². The molecule has 4 fully saturated rings. The predicted octanol–water partition coefficient (Wildman–Crippen LogP) is 8.13. The molecule has 5 aliphatic rings. The van der Waals surface area contributed by atoms with Crippen LogP contribution >= 0.6 is 0 Å². The van der Waals surface area contributed by atoms with Crippen LogP contribution < -0.4 is 0 Å². The summed E-state index contributed by atoms with van der Waals surface area (Å²) < 4.78 is 11.9. The first-order valence-corrected chi connectivity index (χ1v) is 19.3. The molecule has 5 aliphatic carbocycles. The molecule has 10 atom stereocenters. The number of hydrogen-bond donors (Lipinski definition) is 1. The zero-order valence-electron chi connectivity index (χ0n) is 32.9. The lowest BCUT2D eigenvalue weighted by atomic mass is 9.33. The third-order valence-electron chi connectivity index (χ3n) is 15.0. The number of nitrogens with zero attached hydrogens (tertiary/aromatic N) is 1. The summed E-state index contributed by atoms with van der Waals surface area (Å²) in [6, 6.07) is 0. The Bertz CT molecular complexity index is 1440. The van der Waals surface area contributed by atoms with Gasteiger partial charge >= 0.3 is 11.9 Å². The fourth-order valence-corrected chi connectivity index (χ4v) is 12.6. The Morgan fingerprint density at radius 3 is 2.18 bits per heavy atom. The molecule has 9 heteroatoms. The van der Waals surface area contributed by atoms with Gasteiger partial charge in [0.2, 0.25) is 6.54 Å². The summed E-state index contributed by atoms with van der Waals surface area (Å²) in [7, 11) is 0. The lowest BCUT2D eigenvalue weighted by Gasteiger charge is -2.72. The van der Waals surface area contributed by atoms with Crippen LogP contribution in [0.4, 0.5) is 0 Å². The number of carbonyl (C=O) groups is 3. The Morgan fingerprint density at radius 2 is 1.60 bits per heavy atom. The quantitative estimate of drug-likeness (QED) is 0.153. The fraction of sp³-hybridized carbons (Fsp3) is 0.878. The summed E-state index contributed by atoms with van der Waals surface area (Å²) in [4.78, 5) is 51.1. The lowest BCUT2D eigenvalue weighted by molar-refractivity contribution is -0.493. The van der Waals surface area contributed by atoms with E-state index in [1.165, 1.54) is 5.57 Å². The number of esters is 2. The number of aliphatic hydroxyl groups excluding tert-OH is 1. The predicted molar refractivity (Wildman–Crippen MR) is 191 cm³/mol. The second kappa shape index (κ2) is 12.7. The number of nitro groups is 1. The molecule has 0 aliphatic heterocycles. The van der Waals surface area contributed by atoms with Gasteiger partial charge in [-0.05, 0) is 137 Å². The first-order chi connectivity index (χ1) is 22.8. The molecule has 5 rings (SSSR count). The Balaban J connectivity index is 1.43. The second-order valence-electron chi connectivity index (χ2n) is 20.2. The highest BCUT2D eigenvalue weighted by molar-refractivity contribution is 6.00. The van der Waals surface area contributed by atoms with E-state index in [0.717, 1.165) is 44.1 Å². The number of rotatable bonds is 8. The topological polar surface area (TPSA) is 133 Å². The van der Waals surface area contributed by atoms with Gasteiger partial charge in [0.25, 0.3) is 0 Å². The van der Waals surface area contributed by atoms with E-state index in [-0.39, 0.29) is 69.6 Å². The second-order valence-corrected chi connectivity index (χ2v) is 20.2. The average Bonchev–Trinajstić information content (AvgIpc) is 3.29. The van der Waals surface area contributed by atoms with Crippen molar-refractivity contribution in [3.63, 3.8) is 0 Å². The van der Waals surface area contributed by atoms with Crippen LogP contribution in [0.5, 0.6) is 0 Å². The van der Waals surface area contributed by atoms with E-state index in [4.69, 9.17) is 9.47 Å². The van der Waals surface area contributed by atoms with Gasteiger partial charge in [-0.25, -0.2) is 0 Å². The van der Waals surface area contributed by atoms with Crippen LogP contribution in [0.2, 0.25) is 0 Å². The van der Waals surface area contributed by atoms with E-state index < -0.39 is 34.6 Å². The number of aliphatic hydroxyl groups is 1. The van der Waals surface area contributed by atoms with Crippen molar-refractivity contribution in [2.24, 2.45) is 62.6 Å². The maximum Gasteiger partial charge on any atom is 0.312 e. The van der Waals surface area contributed by atoms with Crippen LogP contribution in [0.3, 0.4) is 0 Å². The molecule has 0 heterocycles. The van der Waals surface area contributed by atoms with Gasteiger partial charge < -0.3 is 14.6 Å². The Hall–Kier alpha value is -2.29. The summed E-state index contributed by atoms with van der Waals surface area (Å²) in [5.74, 6) is -0.0816. The normalized spacial score (nSPS) is 38.8. The molecule has 4 saturated carbocycles. The smallest absolute Gasteiger partial charge is 0.312 e. The molecule has 0 bridgehead atoms. The van der Waals surface area contributed by atoms with Gasteiger partial charge in [-0.2, -0.15) is 0 Å². The average molecular weight is 700 g/mol. The van der Waals surface area contributed by atoms with Gasteiger partial charge in [0.15, 0.2) is 5.78 Å². The Morgan fingerprint density at radius 1 is 0.960 bits per heavy atom. The zero-order chi connectivity index (χ0) is 37.6. The van der Waals surface area contributed by atoms with Crippen LogP contribution in [0.15, 0.2) is 11.1 Å². The third kappa shape index (κ3) is 6.27. The monoisotopic (exact) mass is 699 g/mol. The first-order valence-electron chi connectivity index (χ1n) is 19.3. The molecule has 2 unspecified atom stereocenters. The van der Waals surface area contributed by atoms with Crippen LogP contribution in [-0.4, -0.2) is 52.1 Å². The zero-order valence-corrected chi connectivity index (χ0v) is 32.9. The van der Waals surface area contributed by atoms with E-state index in [0.29, 0.717) is 24.7 Å². The van der Waals surface area contributed by atoms with Crippen molar-refractivity contribution in [2.45, 2.75) is 159 Å². The summed E-state index contributed by atoms with van der Waals surface area (Å²) >= 11 is 0. The molecule has 1 N–H and O–H groups in total. The maximum atomic E-state index is 13.6. The molecule has 0 spiro atoms. The highest BCUT2D eigenvalue weighted by atomic mass is 16.6. The van der Waals surface area contributed by atoms with Crippen molar-refractivity contribution in [1.29, 1.82) is 0 Å². The van der Waals surface area contributed by atoms with Crippen LogP contribution in [0, 0.1) is 72.7 Å². The molecule has 50 heavy (non-hydrogen) atoms. The summed E-state index contributed by atoms with van der Waals surface area (Å²) in [6.07, 6.45) is 5.27. The van der Waals surface area contributed by atoms with E-state index in [2.05, 4.69) is 48.5 Å². The molecular formula is C41H65NO8. The van der Waals surface area contributed by atoms with Crippen molar-refractivity contribution in [3.05, 3.63) is 21.3 Å². The summed E-state index contributed by atoms with van der Waals surface area (Å²) in [5.41, 5.74) is -0.150. The summed E-state index contributed by atoms with van der Waals surface area (Å²) in [5, 5.41) is 23.1. The van der Waals surface area contributed by atoms with Crippen LogP contribution in [0.25, 0.3) is 0 Å². The maximum absolute atomic E-state index is 13.6. The SMILES string of the molecule is CC(C)C1=C2C(CC1=O)C([C@@H](O)C[N+](=O)[O-])C[C@]1(C)[C@@H]2CC[C@@H]2[C@@]3(C)CC[C@H](OC(=O)CC(C)(C)C(=O)OC(C)(C)C)C(C)(C)[C@@H]3CC[C@]21C. The van der Waals surface area contributed by atoms with E-state index in [1.807, 2.05) is 20.8 Å². The van der Waals surface area contributed by atoms with Gasteiger partial charge in [0, 0.05) is 16.8 Å². The molecule has 0 amide bonds. The molecule has 9 nitrogen and oxygen atoms in total. The molecule has 282 valence electrons. The van der Waals surface area contributed by atoms with E-state index in [9.17, 15) is 29.6 Å². The minimum Gasteiger partial charge on any atom is -0.462 e. The van der Waals surface area contributed by atoms with E-state index >= 15 is 0 Å². The first kappa shape index (κ1) is 38.9. The highest BCUT2D eigenvalue weighted by Crippen LogP contribution is 2.76. The Kier molecular flexibility index (Phi) is 9.88. The van der Waals surface area contributed by atoms with Crippen molar-refractivity contribution < 1.29 is 33.9 Å². The van der Waals surface area contributed by atoms with Gasteiger partial charge in [-0.15, -0.1) is 0 Å². The minimum atomic E-state index is -1.10. The number of Topliss-reactive ketones (excluding diaryl/α,β-unsaturated/α-hetero) is 1. The van der Waals surface area contributed by atoms with Gasteiger partial charge in [0.1, 0.15) is 17.8 Å².